The van der Waals surface area contributed by atoms with E-state index in [2.05, 4.69) is 0 Å². The summed E-state index contributed by atoms with van der Waals surface area (Å²) in [6.07, 6.45) is -16.8. The number of carbonyl (C=O) groups excluding carboxylic acids is 9. The Balaban J connectivity index is 2.30. The maximum Gasteiger partial charge on any atom is 0.338 e. The predicted octanol–water partition coefficient (Wildman–Crippen LogP) is 0.883. The minimum atomic E-state index is -1.97. The number of esters is 9. The monoisotopic (exact) mass is 872 g/mol. The van der Waals surface area contributed by atoms with Crippen LogP contribution < -0.4 is 9.47 Å². The number of phenols is 1. The van der Waals surface area contributed by atoms with Crippen molar-refractivity contribution < 1.29 is 110 Å². The minimum Gasteiger partial charge on any atom is -0.504 e. The molecule has 23 nitrogen and oxygen atoms in total. The van der Waals surface area contributed by atoms with E-state index in [-0.39, 0.29) is 12.2 Å². The standard InChI is InChI=1S/C38H48O23/c1-10-11-49-36(48)24-12-25(47)29(61-38-35(57-23(9)46)33(55-21(7)44)31(53-19(5)42)28(60-38)15-51-17(3)40)26(13-24)58-37-34(56-22(8)45)32(54-20(6)43)30(52-18(4)41)27(59-37)14-50-16(2)39/h12-13,27-28,30-35,37-38,47H,10-11,14-15H2,1-9H3/t27-,28-,30-,31-,32+,33+,34-,35-,37?,38?/m1/s1. The van der Waals surface area contributed by atoms with E-state index in [9.17, 15) is 48.3 Å². The Kier molecular flexibility index (Phi) is 18.0. The quantitative estimate of drug-likeness (QED) is 0.168. The first-order valence-electron chi connectivity index (χ1n) is 18.6. The maximum absolute atomic E-state index is 13.1. The summed E-state index contributed by atoms with van der Waals surface area (Å²) in [4.78, 5) is 111. The summed E-state index contributed by atoms with van der Waals surface area (Å²) in [7, 11) is 0. The van der Waals surface area contributed by atoms with Crippen molar-refractivity contribution in [3.8, 4) is 17.2 Å². The summed E-state index contributed by atoms with van der Waals surface area (Å²) in [5, 5.41) is 11.5. The number of rotatable bonds is 17. The van der Waals surface area contributed by atoms with Crippen LogP contribution in [0.15, 0.2) is 12.1 Å². The molecule has 2 aliphatic rings. The molecular weight excluding hydrogens is 824 g/mol. The summed E-state index contributed by atoms with van der Waals surface area (Å²) in [6.45, 7) is 8.43. The van der Waals surface area contributed by atoms with Crippen molar-refractivity contribution in [2.24, 2.45) is 0 Å². The van der Waals surface area contributed by atoms with Gasteiger partial charge in [0.2, 0.25) is 30.5 Å². The zero-order chi connectivity index (χ0) is 45.7. The number of ether oxygens (including phenoxy) is 13. The van der Waals surface area contributed by atoms with Gasteiger partial charge < -0.3 is 66.7 Å². The molecule has 2 fully saturated rings. The van der Waals surface area contributed by atoms with Crippen LogP contribution in [-0.4, -0.2) is 140 Å². The number of aromatic hydroxyl groups is 1. The Bertz CT molecular complexity index is 1810. The third-order valence-corrected chi connectivity index (χ3v) is 8.08. The highest BCUT2D eigenvalue weighted by Crippen LogP contribution is 2.43. The fraction of sp³-hybridized carbons (Fsp3) is 0.605. The van der Waals surface area contributed by atoms with Crippen LogP contribution in [0.4, 0.5) is 0 Å². The fourth-order valence-corrected chi connectivity index (χ4v) is 6.00. The summed E-state index contributed by atoms with van der Waals surface area (Å²) in [6, 6.07) is 1.87. The molecule has 61 heavy (non-hydrogen) atoms. The van der Waals surface area contributed by atoms with Gasteiger partial charge >= 0.3 is 53.7 Å². The molecular formula is C38H48O23. The first-order chi connectivity index (χ1) is 28.6. The van der Waals surface area contributed by atoms with Crippen LogP contribution in [0, 0.1) is 0 Å². The Morgan fingerprint density at radius 1 is 0.508 bits per heavy atom. The van der Waals surface area contributed by atoms with Crippen LogP contribution in [0.2, 0.25) is 0 Å². The molecule has 10 atom stereocenters. The SMILES string of the molecule is CCCOC(=O)c1cc(O)c(OC2O[C@H](COC(C)=O)[C@@H](OC(C)=O)[C@H](OC(C)=O)[C@H]2OC(C)=O)c(OC2O[C@H](COC(C)=O)[C@@H](OC(C)=O)[C@H](OC(C)=O)[C@H]2OC(C)=O)c1. The van der Waals surface area contributed by atoms with E-state index < -0.39 is 146 Å². The first-order valence-corrected chi connectivity index (χ1v) is 18.6. The van der Waals surface area contributed by atoms with Gasteiger partial charge in [0.15, 0.2) is 35.9 Å². The molecule has 1 aromatic rings. The van der Waals surface area contributed by atoms with E-state index in [0.29, 0.717) is 6.42 Å². The highest BCUT2D eigenvalue weighted by molar-refractivity contribution is 5.91. The molecule has 3 rings (SSSR count). The van der Waals surface area contributed by atoms with Crippen LogP contribution in [0.3, 0.4) is 0 Å². The molecule has 0 spiro atoms. The molecule has 0 aromatic heterocycles. The molecule has 2 heterocycles. The van der Waals surface area contributed by atoms with E-state index >= 15 is 0 Å². The molecule has 0 bridgehead atoms. The van der Waals surface area contributed by atoms with Gasteiger partial charge in [0.05, 0.1) is 12.2 Å². The van der Waals surface area contributed by atoms with Crippen LogP contribution in [0.1, 0.15) is 79.1 Å². The average molecular weight is 873 g/mol. The van der Waals surface area contributed by atoms with Gasteiger partial charge in [-0.1, -0.05) is 6.92 Å². The van der Waals surface area contributed by atoms with Gasteiger partial charge in [0, 0.05) is 55.4 Å². The van der Waals surface area contributed by atoms with Gasteiger partial charge in [-0.2, -0.15) is 0 Å². The van der Waals surface area contributed by atoms with E-state index in [1.165, 1.54) is 0 Å². The van der Waals surface area contributed by atoms with Crippen LogP contribution >= 0.6 is 0 Å². The third-order valence-electron chi connectivity index (χ3n) is 8.08. The molecule has 2 saturated heterocycles. The highest BCUT2D eigenvalue weighted by Gasteiger charge is 2.55. The molecule has 2 unspecified atom stereocenters. The van der Waals surface area contributed by atoms with E-state index in [1.807, 2.05) is 0 Å². The first kappa shape index (κ1) is 49.1. The van der Waals surface area contributed by atoms with Gasteiger partial charge in [-0.3, -0.25) is 38.4 Å². The molecule has 23 heteroatoms. The van der Waals surface area contributed by atoms with Crippen LogP contribution in [0.25, 0.3) is 0 Å². The molecule has 2 aliphatic heterocycles. The van der Waals surface area contributed by atoms with Gasteiger partial charge in [-0.15, -0.1) is 0 Å². The molecule has 0 aliphatic carbocycles. The second kappa shape index (κ2) is 22.4. The maximum atomic E-state index is 13.1. The number of hydrogen-bond acceptors (Lipinski definition) is 23. The number of benzene rings is 1. The number of hydrogen-bond donors (Lipinski definition) is 1. The molecule has 1 aromatic carbocycles. The lowest BCUT2D eigenvalue weighted by atomic mass is 9.98. The van der Waals surface area contributed by atoms with Gasteiger partial charge in [-0.25, -0.2) is 4.79 Å². The van der Waals surface area contributed by atoms with E-state index in [0.717, 1.165) is 67.5 Å². The topological polar surface area (TPSA) is 294 Å². The second-order valence-corrected chi connectivity index (χ2v) is 13.3. The Morgan fingerprint density at radius 2 is 0.885 bits per heavy atom. The highest BCUT2D eigenvalue weighted by atomic mass is 16.8. The molecule has 1 N–H and O–H groups in total. The Labute approximate surface area is 348 Å². The Morgan fingerprint density at radius 3 is 1.26 bits per heavy atom. The lowest BCUT2D eigenvalue weighted by Crippen LogP contribution is -2.64. The summed E-state index contributed by atoms with van der Waals surface area (Å²) < 4.78 is 72.3. The van der Waals surface area contributed by atoms with Crippen molar-refractivity contribution in [3.05, 3.63) is 17.7 Å². The van der Waals surface area contributed by atoms with Gasteiger partial charge in [0.25, 0.3) is 0 Å². The van der Waals surface area contributed by atoms with E-state index in [4.69, 9.17) is 61.6 Å². The average Bonchev–Trinajstić information content (AvgIpc) is 3.13. The second-order valence-electron chi connectivity index (χ2n) is 13.3. The molecule has 0 saturated carbocycles. The number of carbonyl (C=O) groups is 9. The Hall–Kier alpha value is -6.23. The molecule has 0 amide bonds. The lowest BCUT2D eigenvalue weighted by Gasteiger charge is -2.44. The van der Waals surface area contributed by atoms with Crippen molar-refractivity contribution in [3.63, 3.8) is 0 Å². The van der Waals surface area contributed by atoms with Crippen LogP contribution in [0.5, 0.6) is 17.2 Å². The van der Waals surface area contributed by atoms with E-state index in [1.54, 1.807) is 6.92 Å². The van der Waals surface area contributed by atoms with Crippen molar-refractivity contribution in [1.29, 1.82) is 0 Å². The van der Waals surface area contributed by atoms with Crippen molar-refractivity contribution in [2.75, 3.05) is 19.8 Å². The minimum absolute atomic E-state index is 0.0571. The fourth-order valence-electron chi connectivity index (χ4n) is 6.00. The molecule has 338 valence electrons. The smallest absolute Gasteiger partial charge is 0.338 e. The number of phenolic OH excluding ortho intramolecular Hbond substituents is 1. The van der Waals surface area contributed by atoms with Crippen molar-refractivity contribution >= 4 is 53.7 Å². The van der Waals surface area contributed by atoms with Gasteiger partial charge in [-0.05, 0) is 18.6 Å². The zero-order valence-corrected chi connectivity index (χ0v) is 34.7. The largest absolute Gasteiger partial charge is 0.504 e. The summed E-state index contributed by atoms with van der Waals surface area (Å²) in [5.41, 5.74) is -0.361. The summed E-state index contributed by atoms with van der Waals surface area (Å²) in [5.74, 6) is -10.6. The van der Waals surface area contributed by atoms with Crippen LogP contribution in [-0.2, 0) is 90.5 Å². The normalized spacial score (nSPS) is 25.6. The zero-order valence-electron chi connectivity index (χ0n) is 34.7. The third kappa shape index (κ3) is 14.5. The summed E-state index contributed by atoms with van der Waals surface area (Å²) >= 11 is 0. The predicted molar refractivity (Wildman–Crippen MR) is 194 cm³/mol. The molecule has 0 radical (unpaired) electrons. The van der Waals surface area contributed by atoms with Crippen molar-refractivity contribution in [1.82, 2.24) is 0 Å². The van der Waals surface area contributed by atoms with Gasteiger partial charge in [0.1, 0.15) is 25.4 Å². The van der Waals surface area contributed by atoms with Crippen molar-refractivity contribution in [2.45, 2.75) is 130 Å². The lowest BCUT2D eigenvalue weighted by molar-refractivity contribution is -0.292.